The van der Waals surface area contributed by atoms with E-state index in [0.29, 0.717) is 6.73 Å². The maximum atomic E-state index is 6.33. The molecule has 2 aromatic carbocycles. The van der Waals surface area contributed by atoms with E-state index < -0.39 is 0 Å². The topological polar surface area (TPSA) is 35.4 Å². The lowest BCUT2D eigenvalue weighted by atomic mass is 10.1. The van der Waals surface area contributed by atoms with Crippen molar-refractivity contribution < 1.29 is 9.47 Å². The highest BCUT2D eigenvalue weighted by molar-refractivity contribution is 5.86. The van der Waals surface area contributed by atoms with Crippen molar-refractivity contribution in [3.63, 3.8) is 0 Å². The van der Waals surface area contributed by atoms with Crippen LogP contribution in [0, 0.1) is 0 Å². The predicted molar refractivity (Wildman–Crippen MR) is 99.3 cm³/mol. The summed E-state index contributed by atoms with van der Waals surface area (Å²) in [4.78, 5) is 0. The van der Waals surface area contributed by atoms with Crippen LogP contribution in [0.2, 0.25) is 0 Å². The van der Waals surface area contributed by atoms with Gasteiger partial charge in [0, 0.05) is 11.8 Å². The van der Waals surface area contributed by atoms with Crippen molar-refractivity contribution in [2.75, 3.05) is 13.3 Å². The van der Waals surface area contributed by atoms with Gasteiger partial charge in [-0.05, 0) is 30.8 Å². The second-order valence-corrected chi connectivity index (χ2v) is 5.75. The molecule has 0 fully saturated rings. The Kier molecular flexibility index (Phi) is 4.27. The molecular formula is C21H20N2O2. The zero-order chi connectivity index (χ0) is 17.1. The highest BCUT2D eigenvalue weighted by Gasteiger charge is 2.24. The zero-order valence-electron chi connectivity index (χ0n) is 14.1. The summed E-state index contributed by atoms with van der Waals surface area (Å²) in [7, 11) is 0. The minimum atomic E-state index is 0.424. The molecular weight excluding hydrogens is 312 g/mol. The molecule has 0 aliphatic carbocycles. The molecule has 0 atom stereocenters. The van der Waals surface area contributed by atoms with Gasteiger partial charge < -0.3 is 14.0 Å². The van der Waals surface area contributed by atoms with E-state index in [1.165, 1.54) is 0 Å². The molecule has 0 unspecified atom stereocenters. The first-order valence-corrected chi connectivity index (χ1v) is 8.46. The van der Waals surface area contributed by atoms with Crippen LogP contribution in [0.25, 0.3) is 17.2 Å². The van der Waals surface area contributed by atoms with Crippen LogP contribution in [0.4, 0.5) is 0 Å². The molecule has 3 aromatic rings. The summed E-state index contributed by atoms with van der Waals surface area (Å²) in [5.74, 6) is 2.26. The first-order valence-electron chi connectivity index (χ1n) is 8.46. The molecule has 0 saturated heterocycles. The van der Waals surface area contributed by atoms with Crippen LogP contribution in [0.1, 0.15) is 18.2 Å². The van der Waals surface area contributed by atoms with Crippen molar-refractivity contribution in [2.24, 2.45) is 0 Å². The van der Waals surface area contributed by atoms with Gasteiger partial charge in [0.25, 0.3) is 0 Å². The Morgan fingerprint density at radius 3 is 2.60 bits per heavy atom. The minimum absolute atomic E-state index is 0.424. The van der Waals surface area contributed by atoms with E-state index in [-0.39, 0.29) is 0 Å². The van der Waals surface area contributed by atoms with Crippen LogP contribution >= 0.6 is 0 Å². The Morgan fingerprint density at radius 2 is 1.76 bits per heavy atom. The highest BCUT2D eigenvalue weighted by atomic mass is 16.5. The third-order valence-corrected chi connectivity index (χ3v) is 4.13. The monoisotopic (exact) mass is 332 g/mol. The Morgan fingerprint density at radius 1 is 0.960 bits per heavy atom. The number of benzene rings is 2. The molecule has 25 heavy (non-hydrogen) atoms. The standard InChI is InChI=1S/C21H20N2O2/c1-2-22-15-24-21-18-12-8-14-23(18)17-11-6-7-13-19(17)25-20(21)16-9-4-3-5-10-16/h3-14,22H,2,15H2,1H3. The lowest BCUT2D eigenvalue weighted by Gasteiger charge is -2.15. The third-order valence-electron chi connectivity index (χ3n) is 4.13. The summed E-state index contributed by atoms with van der Waals surface area (Å²) < 4.78 is 14.5. The number of nitrogens with zero attached hydrogens (tertiary/aromatic N) is 1. The molecule has 1 N–H and O–H groups in total. The van der Waals surface area contributed by atoms with Gasteiger partial charge in [-0.1, -0.05) is 49.4 Å². The molecule has 1 aliphatic heterocycles. The van der Waals surface area contributed by atoms with E-state index in [1.54, 1.807) is 0 Å². The largest absolute Gasteiger partial charge is 0.472 e. The van der Waals surface area contributed by atoms with Crippen molar-refractivity contribution in [1.82, 2.24) is 9.88 Å². The summed E-state index contributed by atoms with van der Waals surface area (Å²) in [5, 5.41) is 3.21. The minimum Gasteiger partial charge on any atom is -0.472 e. The molecule has 1 aromatic heterocycles. The SMILES string of the molecule is CCNCOC1=C(c2ccccc2)Oc2ccccc2-n2cccc21. The number of nitrogens with one attached hydrogen (secondary N) is 1. The summed E-state index contributed by atoms with van der Waals surface area (Å²) in [6.45, 7) is 3.32. The Bertz CT molecular complexity index is 897. The summed E-state index contributed by atoms with van der Waals surface area (Å²) in [6.07, 6.45) is 2.03. The molecule has 0 radical (unpaired) electrons. The number of ether oxygens (including phenoxy) is 2. The van der Waals surface area contributed by atoms with E-state index >= 15 is 0 Å². The molecule has 0 spiro atoms. The molecule has 4 heteroatoms. The van der Waals surface area contributed by atoms with Gasteiger partial charge in [-0.2, -0.15) is 0 Å². The van der Waals surface area contributed by atoms with Gasteiger partial charge in [0.15, 0.2) is 17.3 Å². The maximum Gasteiger partial charge on any atom is 0.188 e. The zero-order valence-corrected chi connectivity index (χ0v) is 14.1. The van der Waals surface area contributed by atoms with Crippen LogP contribution in [-0.2, 0) is 4.74 Å². The molecule has 4 rings (SSSR count). The van der Waals surface area contributed by atoms with Gasteiger partial charge in [0.05, 0.1) is 11.4 Å². The van der Waals surface area contributed by atoms with Crippen LogP contribution < -0.4 is 10.1 Å². The van der Waals surface area contributed by atoms with Crippen LogP contribution in [-0.4, -0.2) is 17.8 Å². The lowest BCUT2D eigenvalue weighted by molar-refractivity contribution is 0.245. The van der Waals surface area contributed by atoms with Gasteiger partial charge >= 0.3 is 0 Å². The number of fused-ring (bicyclic) bond motifs is 3. The van der Waals surface area contributed by atoms with Gasteiger partial charge in [0.2, 0.25) is 0 Å². The Hall–Kier alpha value is -2.98. The van der Waals surface area contributed by atoms with E-state index in [0.717, 1.165) is 40.8 Å². The van der Waals surface area contributed by atoms with Crippen molar-refractivity contribution in [3.8, 4) is 11.4 Å². The fourth-order valence-corrected chi connectivity index (χ4v) is 2.94. The first-order chi connectivity index (χ1) is 12.4. The normalized spacial score (nSPS) is 12.8. The number of hydrogen-bond acceptors (Lipinski definition) is 3. The first kappa shape index (κ1) is 15.5. The second kappa shape index (κ2) is 6.87. The molecule has 0 amide bonds. The fraction of sp³-hybridized carbons (Fsp3) is 0.143. The highest BCUT2D eigenvalue weighted by Crippen LogP contribution is 2.38. The third kappa shape index (κ3) is 2.92. The van der Waals surface area contributed by atoms with Gasteiger partial charge in [0.1, 0.15) is 6.73 Å². The van der Waals surface area contributed by atoms with Crippen LogP contribution in [0.5, 0.6) is 5.75 Å². The average molecular weight is 332 g/mol. The molecule has 0 bridgehead atoms. The summed E-state index contributed by atoms with van der Waals surface area (Å²) in [5.41, 5.74) is 2.96. The Labute approximate surface area is 147 Å². The van der Waals surface area contributed by atoms with Gasteiger partial charge in [-0.15, -0.1) is 0 Å². The summed E-state index contributed by atoms with van der Waals surface area (Å²) in [6, 6.07) is 22.2. The van der Waals surface area contributed by atoms with E-state index in [9.17, 15) is 0 Å². The van der Waals surface area contributed by atoms with Crippen molar-refractivity contribution in [3.05, 3.63) is 84.2 Å². The van der Waals surface area contributed by atoms with Crippen molar-refractivity contribution >= 4 is 11.5 Å². The predicted octanol–water partition coefficient (Wildman–Crippen LogP) is 4.28. The fourth-order valence-electron chi connectivity index (χ4n) is 2.94. The van der Waals surface area contributed by atoms with Crippen LogP contribution in [0.3, 0.4) is 0 Å². The molecule has 126 valence electrons. The van der Waals surface area contributed by atoms with E-state index in [2.05, 4.69) is 28.9 Å². The number of rotatable bonds is 5. The van der Waals surface area contributed by atoms with Gasteiger partial charge in [-0.3, -0.25) is 5.32 Å². The Balaban J connectivity index is 1.91. The molecule has 1 aliphatic rings. The average Bonchev–Trinajstić information content (AvgIpc) is 3.10. The maximum absolute atomic E-state index is 6.33. The summed E-state index contributed by atoms with van der Waals surface area (Å²) >= 11 is 0. The van der Waals surface area contributed by atoms with Crippen molar-refractivity contribution in [2.45, 2.75) is 6.92 Å². The quantitative estimate of drug-likeness (QED) is 0.559. The van der Waals surface area contributed by atoms with Crippen LogP contribution in [0.15, 0.2) is 72.9 Å². The molecule has 2 heterocycles. The number of hydrogen-bond donors (Lipinski definition) is 1. The molecule has 4 nitrogen and oxygen atoms in total. The lowest BCUT2D eigenvalue weighted by Crippen LogP contribution is -2.17. The number of para-hydroxylation sites is 2. The van der Waals surface area contributed by atoms with Crippen molar-refractivity contribution in [1.29, 1.82) is 0 Å². The number of aromatic nitrogens is 1. The second-order valence-electron chi connectivity index (χ2n) is 5.75. The molecule has 0 saturated carbocycles. The van der Waals surface area contributed by atoms with E-state index in [4.69, 9.17) is 9.47 Å². The smallest absolute Gasteiger partial charge is 0.188 e. The van der Waals surface area contributed by atoms with E-state index in [1.807, 2.05) is 60.8 Å². The van der Waals surface area contributed by atoms with Gasteiger partial charge in [-0.25, -0.2) is 0 Å².